The van der Waals surface area contributed by atoms with Crippen LogP contribution in [-0.2, 0) is 22.0 Å². The molecule has 0 unspecified atom stereocenters. The van der Waals surface area contributed by atoms with Crippen molar-refractivity contribution in [3.8, 4) is 11.6 Å². The highest BCUT2D eigenvalue weighted by molar-refractivity contribution is 7.94. The maximum atomic E-state index is 13.8. The van der Waals surface area contributed by atoms with Gasteiger partial charge in [-0.1, -0.05) is 0 Å². The number of aromatic nitrogens is 4. The molecule has 0 spiro atoms. The van der Waals surface area contributed by atoms with Gasteiger partial charge in [0.05, 0.1) is 29.3 Å². The smallest absolute Gasteiger partial charge is 0.233 e. The lowest BCUT2D eigenvalue weighted by molar-refractivity contribution is 0.213. The highest BCUT2D eigenvalue weighted by Crippen LogP contribution is 2.49. The third-order valence-electron chi connectivity index (χ3n) is 7.79. The molecule has 0 fully saturated rings. The quantitative estimate of drug-likeness (QED) is 0.352. The number of hydrogen-bond donors (Lipinski definition) is 2. The van der Waals surface area contributed by atoms with Crippen molar-refractivity contribution >= 4 is 38.2 Å². The van der Waals surface area contributed by atoms with Crippen LogP contribution in [0.2, 0.25) is 0 Å². The summed E-state index contributed by atoms with van der Waals surface area (Å²) in [5, 5.41) is 2.49. The molecule has 0 amide bonds. The summed E-state index contributed by atoms with van der Waals surface area (Å²) in [6.45, 7) is 8.83. The monoisotopic (exact) mass is 577 g/mol. The van der Waals surface area contributed by atoms with Crippen LogP contribution in [0.5, 0.6) is 11.6 Å². The molecule has 0 saturated heterocycles. The first-order chi connectivity index (χ1) is 19.4. The molecule has 0 radical (unpaired) electrons. The van der Waals surface area contributed by atoms with E-state index >= 15 is 0 Å². The second kappa shape index (κ2) is 9.40. The fourth-order valence-corrected chi connectivity index (χ4v) is 7.71. The highest BCUT2D eigenvalue weighted by atomic mass is 32.2. The van der Waals surface area contributed by atoms with Crippen LogP contribution >= 0.6 is 0 Å². The van der Waals surface area contributed by atoms with Gasteiger partial charge in [-0.2, -0.15) is 0 Å². The van der Waals surface area contributed by atoms with Crippen molar-refractivity contribution in [3.05, 3.63) is 60.1 Å². The van der Waals surface area contributed by atoms with Gasteiger partial charge in [0.2, 0.25) is 11.8 Å². The van der Waals surface area contributed by atoms with E-state index in [1.54, 1.807) is 32.3 Å². The summed E-state index contributed by atoms with van der Waals surface area (Å²) in [7, 11) is -3.70. The Morgan fingerprint density at radius 2 is 1.95 bits per heavy atom. The zero-order valence-electron chi connectivity index (χ0n) is 23.4. The number of amidine groups is 1. The fraction of sp³-hybridized carbons (Fsp3) is 0.393. The molecule has 3 aromatic heterocycles. The predicted molar refractivity (Wildman–Crippen MR) is 153 cm³/mol. The lowest BCUT2D eigenvalue weighted by Gasteiger charge is -2.43. The minimum absolute atomic E-state index is 0.0806. The molecule has 3 atom stereocenters. The second-order valence-corrected chi connectivity index (χ2v) is 13.8. The number of pyridine rings is 1. The van der Waals surface area contributed by atoms with Crippen LogP contribution in [0.15, 0.2) is 52.3 Å². The van der Waals surface area contributed by atoms with Gasteiger partial charge in [0, 0.05) is 23.9 Å². The SMILES string of the molecule is Cc1cnc(COc2cnc3c(Nc4ccc5c(c4)[C@@]4(C)N=C(N)C(C)(C)S(=O)(=O)[C@@H]4C[C@H](C)O5)nccc3n2)o1. The number of aliphatic imine (C=N–C) groups is 1. The van der Waals surface area contributed by atoms with Gasteiger partial charge in [-0.3, -0.25) is 4.99 Å². The average Bonchev–Trinajstić information content (AvgIpc) is 3.30. The fourth-order valence-electron chi connectivity index (χ4n) is 5.35. The van der Waals surface area contributed by atoms with Gasteiger partial charge in [0.25, 0.3) is 0 Å². The van der Waals surface area contributed by atoms with Crippen LogP contribution < -0.4 is 20.5 Å². The molecular weight excluding hydrogens is 546 g/mol. The molecule has 0 bridgehead atoms. The molecule has 13 heteroatoms. The van der Waals surface area contributed by atoms with Crippen LogP contribution in [0.1, 0.15) is 51.3 Å². The Morgan fingerprint density at radius 1 is 1.15 bits per heavy atom. The van der Waals surface area contributed by atoms with Gasteiger partial charge < -0.3 is 24.9 Å². The van der Waals surface area contributed by atoms with Crippen LogP contribution in [0.3, 0.4) is 0 Å². The van der Waals surface area contributed by atoms with Gasteiger partial charge in [-0.25, -0.2) is 28.4 Å². The number of rotatable bonds is 5. The Kier molecular flexibility index (Phi) is 6.18. The first kappa shape index (κ1) is 26.9. The minimum atomic E-state index is -3.70. The largest absolute Gasteiger partial charge is 0.490 e. The summed E-state index contributed by atoms with van der Waals surface area (Å²) in [6, 6.07) is 7.23. The van der Waals surface area contributed by atoms with E-state index in [1.807, 2.05) is 39.0 Å². The first-order valence-electron chi connectivity index (χ1n) is 13.2. The number of fused-ring (bicyclic) bond motifs is 4. The number of benzene rings is 1. The molecule has 4 aromatic rings. The van der Waals surface area contributed by atoms with Crippen molar-refractivity contribution in [2.45, 2.75) is 69.3 Å². The Balaban J connectivity index is 1.35. The molecule has 214 valence electrons. The zero-order chi connectivity index (χ0) is 29.2. The van der Waals surface area contributed by atoms with Crippen molar-refractivity contribution in [2.24, 2.45) is 10.7 Å². The molecule has 41 heavy (non-hydrogen) atoms. The predicted octanol–water partition coefficient (Wildman–Crippen LogP) is 3.96. The summed E-state index contributed by atoms with van der Waals surface area (Å²) < 4.78 is 43.6. The number of nitrogens with two attached hydrogens (primary N) is 1. The molecule has 2 aliphatic heterocycles. The molecule has 2 aliphatic rings. The van der Waals surface area contributed by atoms with Crippen molar-refractivity contribution in [1.82, 2.24) is 19.9 Å². The molecule has 1 aromatic carbocycles. The Morgan fingerprint density at radius 3 is 2.71 bits per heavy atom. The molecule has 6 rings (SSSR count). The van der Waals surface area contributed by atoms with Gasteiger partial charge in [0.15, 0.2) is 22.3 Å². The van der Waals surface area contributed by atoms with Crippen LogP contribution in [0.25, 0.3) is 11.0 Å². The van der Waals surface area contributed by atoms with E-state index in [2.05, 4.69) is 25.3 Å². The number of hydrogen-bond acceptors (Lipinski definition) is 12. The topological polar surface area (TPSA) is 168 Å². The van der Waals surface area contributed by atoms with Gasteiger partial charge in [-0.05, 0) is 58.9 Å². The van der Waals surface area contributed by atoms with E-state index < -0.39 is 25.4 Å². The lowest BCUT2D eigenvalue weighted by atomic mass is 9.85. The zero-order valence-corrected chi connectivity index (χ0v) is 24.2. The molecule has 5 heterocycles. The molecular formula is C28H31N7O5S. The maximum absolute atomic E-state index is 13.8. The Hall–Kier alpha value is -4.26. The third-order valence-corrected chi connectivity index (χ3v) is 10.8. The summed E-state index contributed by atoms with van der Waals surface area (Å²) >= 11 is 0. The number of nitrogens with one attached hydrogen (secondary N) is 1. The maximum Gasteiger partial charge on any atom is 0.233 e. The molecule has 3 N–H and O–H groups in total. The van der Waals surface area contributed by atoms with E-state index in [0.29, 0.717) is 51.4 Å². The average molecular weight is 578 g/mol. The van der Waals surface area contributed by atoms with Gasteiger partial charge in [0.1, 0.15) is 33.1 Å². The molecule has 12 nitrogen and oxygen atoms in total. The lowest BCUT2D eigenvalue weighted by Crippen LogP contribution is -2.60. The van der Waals surface area contributed by atoms with Crippen LogP contribution in [0, 0.1) is 6.92 Å². The Bertz CT molecular complexity index is 1800. The number of nitrogens with zero attached hydrogens (tertiary/aromatic N) is 5. The van der Waals surface area contributed by atoms with Gasteiger partial charge in [-0.15, -0.1) is 0 Å². The van der Waals surface area contributed by atoms with Gasteiger partial charge >= 0.3 is 0 Å². The molecule has 0 saturated carbocycles. The minimum Gasteiger partial charge on any atom is -0.490 e. The summed E-state index contributed by atoms with van der Waals surface area (Å²) in [6.07, 6.45) is 4.71. The summed E-state index contributed by atoms with van der Waals surface area (Å²) in [5.41, 5.74) is 7.52. The van der Waals surface area contributed by atoms with E-state index in [4.69, 9.17) is 24.6 Å². The number of oxazole rings is 1. The third kappa shape index (κ3) is 4.44. The van der Waals surface area contributed by atoms with Crippen LogP contribution in [0.4, 0.5) is 11.5 Å². The van der Waals surface area contributed by atoms with E-state index in [0.717, 1.165) is 0 Å². The second-order valence-electron chi connectivity index (χ2n) is 11.1. The number of sulfone groups is 1. The van der Waals surface area contributed by atoms with E-state index in [-0.39, 0.29) is 25.0 Å². The normalized spacial score (nSPS) is 24.4. The van der Waals surface area contributed by atoms with E-state index in [1.165, 1.54) is 6.20 Å². The highest BCUT2D eigenvalue weighted by Gasteiger charge is 2.58. The van der Waals surface area contributed by atoms with Crippen molar-refractivity contribution < 1.29 is 22.3 Å². The Labute approximate surface area is 237 Å². The van der Waals surface area contributed by atoms with E-state index in [9.17, 15) is 8.42 Å². The standard InChI is InChI=1S/C28H31N7O5S/c1-15-10-21-28(5,35-26(29)27(3,4)41(21,36)37)18-11-17(6-7-20(18)39-15)33-25-24-19(8-9-30-25)34-22(13-32-24)38-14-23-31-12-16(2)40-23/h6-9,11-13,15,21H,10,14H2,1-5H3,(H2,29,35)(H,30,33)/t15-,21+,28+/m0/s1. The van der Waals surface area contributed by atoms with Crippen molar-refractivity contribution in [2.75, 3.05) is 5.32 Å². The summed E-state index contributed by atoms with van der Waals surface area (Å²) in [4.78, 5) is 22.5. The number of aryl methyl sites for hydroxylation is 1. The van der Waals surface area contributed by atoms with Crippen LogP contribution in [-0.4, -0.2) is 50.3 Å². The molecule has 0 aliphatic carbocycles. The van der Waals surface area contributed by atoms with Crippen molar-refractivity contribution in [3.63, 3.8) is 0 Å². The van der Waals surface area contributed by atoms with Crippen molar-refractivity contribution in [1.29, 1.82) is 0 Å². The first-order valence-corrected chi connectivity index (χ1v) is 14.8. The number of anilines is 2. The number of ether oxygens (including phenoxy) is 2. The summed E-state index contributed by atoms with van der Waals surface area (Å²) in [5.74, 6) is 2.57.